The van der Waals surface area contributed by atoms with E-state index in [1.165, 1.54) is 13.2 Å². The molecule has 3 aromatic rings. The van der Waals surface area contributed by atoms with E-state index in [1.54, 1.807) is 27.7 Å². The molecule has 1 atom stereocenters. The lowest BCUT2D eigenvalue weighted by Gasteiger charge is -2.28. The maximum Gasteiger partial charge on any atom is 0.573 e. The second-order valence-corrected chi connectivity index (χ2v) is 8.85. The van der Waals surface area contributed by atoms with Crippen molar-refractivity contribution >= 4 is 22.8 Å². The van der Waals surface area contributed by atoms with Crippen molar-refractivity contribution in [1.29, 1.82) is 0 Å². The number of hydrogen-bond acceptors (Lipinski definition) is 4. The van der Waals surface area contributed by atoms with Crippen LogP contribution < -0.4 is 9.47 Å². The van der Waals surface area contributed by atoms with Gasteiger partial charge in [-0.3, -0.25) is 14.2 Å². The number of hydrogen-bond donors (Lipinski definition) is 1. The summed E-state index contributed by atoms with van der Waals surface area (Å²) < 4.78 is 62.0. The SMILES string of the molecule is COc1cc2c(C(C(=O)O)C(C)(C)C)c(C)n(C(=O)c3ccc(OC(F)(F)F)cc3)c2cc1F. The van der Waals surface area contributed by atoms with Crippen molar-refractivity contribution in [3.8, 4) is 11.5 Å². The number of carbonyl (C=O) groups is 2. The third-order valence-corrected chi connectivity index (χ3v) is 5.47. The van der Waals surface area contributed by atoms with Crippen LogP contribution in [-0.4, -0.2) is 35.0 Å². The molecule has 0 fully saturated rings. The van der Waals surface area contributed by atoms with Gasteiger partial charge in [0.25, 0.3) is 5.91 Å². The molecule has 0 aliphatic rings. The number of benzene rings is 2. The van der Waals surface area contributed by atoms with Crippen LogP contribution in [0.15, 0.2) is 36.4 Å². The largest absolute Gasteiger partial charge is 0.573 e. The Labute approximate surface area is 192 Å². The van der Waals surface area contributed by atoms with E-state index in [9.17, 15) is 32.3 Å². The van der Waals surface area contributed by atoms with Crippen LogP contribution in [0.1, 0.15) is 48.3 Å². The first kappa shape index (κ1) is 25.1. The average Bonchev–Trinajstić information content (AvgIpc) is 2.96. The van der Waals surface area contributed by atoms with Crippen LogP contribution in [-0.2, 0) is 4.79 Å². The Balaban J connectivity index is 2.25. The van der Waals surface area contributed by atoms with Gasteiger partial charge in [-0.1, -0.05) is 20.8 Å². The van der Waals surface area contributed by atoms with E-state index in [4.69, 9.17) is 4.74 Å². The lowest BCUT2D eigenvalue weighted by molar-refractivity contribution is -0.274. The molecular formula is C24H23F4NO5. The number of ether oxygens (including phenoxy) is 2. The smallest absolute Gasteiger partial charge is 0.494 e. The van der Waals surface area contributed by atoms with Crippen molar-refractivity contribution in [3.63, 3.8) is 0 Å². The highest BCUT2D eigenvalue weighted by molar-refractivity contribution is 6.05. The molecule has 6 nitrogen and oxygen atoms in total. The Morgan fingerprint density at radius 3 is 2.12 bits per heavy atom. The summed E-state index contributed by atoms with van der Waals surface area (Å²) in [7, 11) is 1.27. The molecule has 1 N–H and O–H groups in total. The Hall–Kier alpha value is -3.56. The minimum absolute atomic E-state index is 0.0000608. The van der Waals surface area contributed by atoms with Crippen molar-refractivity contribution in [2.24, 2.45) is 5.41 Å². The molecule has 1 heterocycles. The van der Waals surface area contributed by atoms with E-state index < -0.39 is 41.1 Å². The van der Waals surface area contributed by atoms with E-state index in [1.807, 2.05) is 0 Å². The van der Waals surface area contributed by atoms with Crippen molar-refractivity contribution in [2.75, 3.05) is 7.11 Å². The summed E-state index contributed by atoms with van der Waals surface area (Å²) >= 11 is 0. The van der Waals surface area contributed by atoms with Crippen molar-refractivity contribution < 1.29 is 41.7 Å². The molecule has 182 valence electrons. The second-order valence-electron chi connectivity index (χ2n) is 8.85. The number of carboxylic acid groups (broad SMARTS) is 1. The maximum absolute atomic E-state index is 14.6. The van der Waals surface area contributed by atoms with Crippen LogP contribution in [0.3, 0.4) is 0 Å². The van der Waals surface area contributed by atoms with Crippen LogP contribution in [0.2, 0.25) is 0 Å². The van der Waals surface area contributed by atoms with Gasteiger partial charge < -0.3 is 14.6 Å². The molecule has 10 heteroatoms. The molecule has 0 spiro atoms. The van der Waals surface area contributed by atoms with Gasteiger partial charge >= 0.3 is 12.3 Å². The van der Waals surface area contributed by atoms with E-state index >= 15 is 0 Å². The Bertz CT molecular complexity index is 1250. The quantitative estimate of drug-likeness (QED) is 0.459. The van der Waals surface area contributed by atoms with Crippen LogP contribution in [0.4, 0.5) is 17.6 Å². The zero-order chi connectivity index (χ0) is 25.6. The molecule has 1 unspecified atom stereocenters. The van der Waals surface area contributed by atoms with Gasteiger partial charge in [0, 0.05) is 22.7 Å². The maximum atomic E-state index is 14.6. The first-order valence-electron chi connectivity index (χ1n) is 10.2. The first-order chi connectivity index (χ1) is 15.7. The number of aliphatic carboxylic acids is 1. The highest BCUT2D eigenvalue weighted by atomic mass is 19.4. The van der Waals surface area contributed by atoms with Gasteiger partial charge in [0.15, 0.2) is 11.6 Å². The number of aromatic nitrogens is 1. The molecule has 0 aliphatic heterocycles. The van der Waals surface area contributed by atoms with Gasteiger partial charge in [0.05, 0.1) is 18.5 Å². The van der Waals surface area contributed by atoms with Gasteiger partial charge in [0.1, 0.15) is 5.75 Å². The predicted octanol–water partition coefficient (Wildman–Crippen LogP) is 5.90. The zero-order valence-corrected chi connectivity index (χ0v) is 19.1. The normalized spacial score (nSPS) is 13.1. The zero-order valence-electron chi connectivity index (χ0n) is 19.1. The summed E-state index contributed by atoms with van der Waals surface area (Å²) in [5, 5.41) is 10.3. The molecule has 1 aromatic heterocycles. The van der Waals surface area contributed by atoms with Crippen molar-refractivity contribution in [1.82, 2.24) is 4.57 Å². The fourth-order valence-electron chi connectivity index (χ4n) is 4.08. The van der Waals surface area contributed by atoms with Crippen molar-refractivity contribution in [2.45, 2.75) is 40.0 Å². The van der Waals surface area contributed by atoms with E-state index in [0.717, 1.165) is 34.9 Å². The van der Waals surface area contributed by atoms with Crippen LogP contribution in [0.5, 0.6) is 11.5 Å². The van der Waals surface area contributed by atoms with E-state index in [2.05, 4.69) is 4.74 Å². The van der Waals surface area contributed by atoms with Gasteiger partial charge in [0.2, 0.25) is 0 Å². The first-order valence-corrected chi connectivity index (χ1v) is 10.2. The van der Waals surface area contributed by atoms with Gasteiger partial charge in [-0.2, -0.15) is 0 Å². The molecule has 3 rings (SSSR count). The molecular weight excluding hydrogens is 458 g/mol. The third-order valence-electron chi connectivity index (χ3n) is 5.47. The van der Waals surface area contributed by atoms with Crippen LogP contribution >= 0.6 is 0 Å². The van der Waals surface area contributed by atoms with Crippen LogP contribution in [0.25, 0.3) is 10.9 Å². The Kier molecular flexibility index (Phi) is 6.38. The number of halogens is 4. The molecule has 0 saturated heterocycles. The minimum Gasteiger partial charge on any atom is -0.494 e. The minimum atomic E-state index is -4.89. The number of fused-ring (bicyclic) bond motifs is 1. The van der Waals surface area contributed by atoms with Crippen LogP contribution in [0, 0.1) is 18.2 Å². The molecule has 0 saturated carbocycles. The summed E-state index contributed by atoms with van der Waals surface area (Å²) in [5.74, 6) is -4.24. The molecule has 0 bridgehead atoms. The highest BCUT2D eigenvalue weighted by Gasteiger charge is 2.38. The number of methoxy groups -OCH3 is 1. The number of nitrogens with zero attached hydrogens (tertiary/aromatic N) is 1. The summed E-state index contributed by atoms with van der Waals surface area (Å²) in [6.45, 7) is 6.74. The van der Waals surface area contributed by atoms with Gasteiger partial charge in [-0.25, -0.2) is 4.39 Å². The lowest BCUT2D eigenvalue weighted by atomic mass is 9.75. The number of carbonyl (C=O) groups excluding carboxylic acids is 1. The fraction of sp³-hybridized carbons (Fsp3) is 0.333. The third kappa shape index (κ3) is 4.71. The monoisotopic (exact) mass is 481 g/mol. The van der Waals surface area contributed by atoms with E-state index in [0.29, 0.717) is 10.9 Å². The molecule has 0 aliphatic carbocycles. The number of carboxylic acids is 1. The molecule has 34 heavy (non-hydrogen) atoms. The Morgan fingerprint density at radius 2 is 1.65 bits per heavy atom. The molecule has 0 amide bonds. The number of alkyl halides is 3. The summed E-state index contributed by atoms with van der Waals surface area (Å²) in [5.41, 5.74) is -0.0668. The molecule has 0 radical (unpaired) electrons. The van der Waals surface area contributed by atoms with Gasteiger partial charge in [-0.05, 0) is 48.2 Å². The second kappa shape index (κ2) is 8.66. The highest BCUT2D eigenvalue weighted by Crippen LogP contribution is 2.43. The average molecular weight is 481 g/mol. The Morgan fingerprint density at radius 1 is 1.06 bits per heavy atom. The summed E-state index contributed by atoms with van der Waals surface area (Å²) in [6, 6.07) is 6.69. The lowest BCUT2D eigenvalue weighted by Crippen LogP contribution is -2.27. The predicted molar refractivity (Wildman–Crippen MR) is 116 cm³/mol. The molecule has 2 aromatic carbocycles. The van der Waals surface area contributed by atoms with Gasteiger partial charge in [-0.15, -0.1) is 13.2 Å². The summed E-state index contributed by atoms with van der Waals surface area (Å²) in [4.78, 5) is 25.7. The topological polar surface area (TPSA) is 77.8 Å². The van der Waals surface area contributed by atoms with E-state index in [-0.39, 0.29) is 22.5 Å². The fourth-order valence-corrected chi connectivity index (χ4v) is 4.08. The van der Waals surface area contributed by atoms with Crippen molar-refractivity contribution in [3.05, 3.63) is 59.0 Å². The summed E-state index contributed by atoms with van der Waals surface area (Å²) in [6.07, 6.45) is -4.89. The number of rotatable bonds is 5. The standard InChI is InChI=1S/C24H23F4NO5/c1-12-19(20(22(31)32)23(2,3)4)15-10-18(33-5)16(25)11-17(15)29(12)21(30)13-6-8-14(9-7-13)34-24(26,27)28/h6-11,20H,1-5H3,(H,31,32).